The normalized spacial score (nSPS) is 12.1. The van der Waals surface area contributed by atoms with Crippen molar-refractivity contribution in [3.63, 3.8) is 0 Å². The van der Waals surface area contributed by atoms with Crippen molar-refractivity contribution in [3.8, 4) is 0 Å². The van der Waals surface area contributed by atoms with Crippen LogP contribution in [-0.4, -0.2) is 0 Å². The van der Waals surface area contributed by atoms with Gasteiger partial charge in [-0.1, -0.05) is 65.8 Å². The summed E-state index contributed by atoms with van der Waals surface area (Å²) in [5.74, 6) is 1.74. The predicted octanol–water partition coefficient (Wildman–Crippen LogP) is 6.52. The molecule has 2 aromatic carbocycles. The van der Waals surface area contributed by atoms with Gasteiger partial charge in [-0.05, 0) is 57.7 Å². The molecule has 0 radical (unpaired) electrons. The lowest BCUT2D eigenvalue weighted by Gasteiger charge is -2.21. The van der Waals surface area contributed by atoms with E-state index in [-0.39, 0.29) is 0 Å². The highest BCUT2D eigenvalue weighted by molar-refractivity contribution is 5.89. The Hall–Kier alpha value is -1.30. The average molecular weight is 268 g/mol. The first-order valence-corrected chi connectivity index (χ1v) is 7.90. The molecule has 0 atom stereocenters. The molecule has 0 spiro atoms. The highest BCUT2D eigenvalue weighted by Crippen LogP contribution is 2.35. The van der Waals surface area contributed by atoms with Gasteiger partial charge >= 0.3 is 0 Å². The molecule has 108 valence electrons. The van der Waals surface area contributed by atoms with Crippen LogP contribution >= 0.6 is 0 Å². The number of aryl methyl sites for hydroxylation is 1. The van der Waals surface area contributed by atoms with Gasteiger partial charge in [0.1, 0.15) is 0 Å². The van der Waals surface area contributed by atoms with Crippen molar-refractivity contribution < 1.29 is 0 Å². The van der Waals surface area contributed by atoms with Gasteiger partial charge < -0.3 is 0 Å². The number of fused-ring (bicyclic) bond motifs is 1. The Morgan fingerprint density at radius 3 is 1.80 bits per heavy atom. The fourth-order valence-electron chi connectivity index (χ4n) is 3.31. The quantitative estimate of drug-likeness (QED) is 0.594. The van der Waals surface area contributed by atoms with Gasteiger partial charge in [0, 0.05) is 0 Å². The monoisotopic (exact) mass is 268 g/mol. The second kappa shape index (κ2) is 5.60. The molecule has 0 aromatic heterocycles. The van der Waals surface area contributed by atoms with E-state index >= 15 is 0 Å². The summed E-state index contributed by atoms with van der Waals surface area (Å²) >= 11 is 0. The average Bonchev–Trinajstić information content (AvgIpc) is 2.35. The van der Waals surface area contributed by atoms with Gasteiger partial charge in [0.05, 0.1) is 0 Å². The van der Waals surface area contributed by atoms with Crippen LogP contribution in [0.15, 0.2) is 24.3 Å². The molecule has 0 amide bonds. The second-order valence-corrected chi connectivity index (χ2v) is 6.96. The first kappa shape index (κ1) is 15.1. The van der Waals surface area contributed by atoms with Crippen LogP contribution in [0.5, 0.6) is 0 Å². The minimum atomic E-state index is 0.568. The zero-order valence-corrected chi connectivity index (χ0v) is 14.0. The zero-order valence-electron chi connectivity index (χ0n) is 14.0. The Morgan fingerprint density at radius 2 is 1.30 bits per heavy atom. The summed E-state index contributed by atoms with van der Waals surface area (Å²) in [5.41, 5.74) is 5.95. The van der Waals surface area contributed by atoms with Crippen LogP contribution < -0.4 is 0 Å². The fraction of sp³-hybridized carbons (Fsp3) is 0.500. The number of hydrogen-bond donors (Lipinski definition) is 0. The topological polar surface area (TPSA) is 0 Å². The lowest BCUT2D eigenvalue weighted by atomic mass is 9.84. The van der Waals surface area contributed by atoms with Crippen LogP contribution in [0.2, 0.25) is 0 Å². The minimum absolute atomic E-state index is 0.568. The van der Waals surface area contributed by atoms with Crippen molar-refractivity contribution in [1.82, 2.24) is 0 Å². The number of benzene rings is 2. The first-order chi connectivity index (χ1) is 9.32. The van der Waals surface area contributed by atoms with Gasteiger partial charge in [-0.25, -0.2) is 0 Å². The van der Waals surface area contributed by atoms with Crippen LogP contribution in [0.4, 0.5) is 0 Å². The van der Waals surface area contributed by atoms with E-state index < -0.39 is 0 Å². The molecule has 2 rings (SSSR count). The Bertz CT molecular complexity index is 615. The van der Waals surface area contributed by atoms with E-state index in [1.54, 1.807) is 5.56 Å². The standard InChI is InChI=1S/C20H28/c1-12(2)17-9-8-16-10-15(7)18(13(3)4)11-19(16)20(17)14(5)6/h8-14H,1-7H3. The molecular formula is C20H28. The van der Waals surface area contributed by atoms with Gasteiger partial charge in [0.25, 0.3) is 0 Å². The second-order valence-electron chi connectivity index (χ2n) is 6.96. The molecule has 0 nitrogen and oxygen atoms in total. The lowest BCUT2D eigenvalue weighted by Crippen LogP contribution is -2.01. The molecule has 0 unspecified atom stereocenters. The molecule has 0 heteroatoms. The van der Waals surface area contributed by atoms with Crippen molar-refractivity contribution in [1.29, 1.82) is 0 Å². The van der Waals surface area contributed by atoms with Gasteiger partial charge in [0.15, 0.2) is 0 Å². The van der Waals surface area contributed by atoms with E-state index in [2.05, 4.69) is 72.7 Å². The molecule has 0 saturated heterocycles. The molecule has 0 bridgehead atoms. The predicted molar refractivity (Wildman–Crippen MR) is 91.0 cm³/mol. The summed E-state index contributed by atoms with van der Waals surface area (Å²) in [6.07, 6.45) is 0. The Labute approximate surface area is 124 Å². The van der Waals surface area contributed by atoms with E-state index in [0.717, 1.165) is 0 Å². The highest BCUT2D eigenvalue weighted by Gasteiger charge is 2.15. The van der Waals surface area contributed by atoms with Crippen molar-refractivity contribution in [2.75, 3.05) is 0 Å². The summed E-state index contributed by atoms with van der Waals surface area (Å²) in [6, 6.07) is 9.43. The zero-order chi connectivity index (χ0) is 15.0. The number of rotatable bonds is 3. The van der Waals surface area contributed by atoms with E-state index in [1.807, 2.05) is 0 Å². The maximum atomic E-state index is 2.44. The van der Waals surface area contributed by atoms with Gasteiger partial charge in [0.2, 0.25) is 0 Å². The maximum Gasteiger partial charge on any atom is -0.0143 e. The third kappa shape index (κ3) is 2.61. The summed E-state index contributed by atoms with van der Waals surface area (Å²) in [6.45, 7) is 16.0. The molecule has 0 saturated carbocycles. The summed E-state index contributed by atoms with van der Waals surface area (Å²) in [5, 5.41) is 2.85. The van der Waals surface area contributed by atoms with Gasteiger partial charge in [-0.15, -0.1) is 0 Å². The largest absolute Gasteiger partial charge is 0.0587 e. The van der Waals surface area contributed by atoms with Crippen molar-refractivity contribution in [2.45, 2.75) is 66.2 Å². The molecule has 0 N–H and O–H groups in total. The fourth-order valence-corrected chi connectivity index (χ4v) is 3.31. The van der Waals surface area contributed by atoms with Crippen LogP contribution in [0.25, 0.3) is 10.8 Å². The molecule has 0 aliphatic rings. The highest BCUT2D eigenvalue weighted by atomic mass is 14.2. The molecule has 0 aliphatic heterocycles. The molecule has 0 heterocycles. The molecule has 20 heavy (non-hydrogen) atoms. The first-order valence-electron chi connectivity index (χ1n) is 7.90. The number of hydrogen-bond acceptors (Lipinski definition) is 0. The Kier molecular flexibility index (Phi) is 4.22. The SMILES string of the molecule is Cc1cc2ccc(C(C)C)c(C(C)C)c2cc1C(C)C. The van der Waals surface area contributed by atoms with Crippen LogP contribution in [0.1, 0.15) is 81.5 Å². The van der Waals surface area contributed by atoms with E-state index in [4.69, 9.17) is 0 Å². The van der Waals surface area contributed by atoms with E-state index in [0.29, 0.717) is 17.8 Å². The van der Waals surface area contributed by atoms with Crippen LogP contribution in [0, 0.1) is 6.92 Å². The summed E-state index contributed by atoms with van der Waals surface area (Å²) in [4.78, 5) is 0. The lowest BCUT2D eigenvalue weighted by molar-refractivity contribution is 0.797. The molecule has 0 aliphatic carbocycles. The summed E-state index contributed by atoms with van der Waals surface area (Å²) in [7, 11) is 0. The molecular weight excluding hydrogens is 240 g/mol. The Morgan fingerprint density at radius 1 is 0.700 bits per heavy atom. The van der Waals surface area contributed by atoms with Gasteiger partial charge in [-0.2, -0.15) is 0 Å². The van der Waals surface area contributed by atoms with E-state index in [1.165, 1.54) is 27.5 Å². The smallest absolute Gasteiger partial charge is 0.0143 e. The molecule has 2 aromatic rings. The van der Waals surface area contributed by atoms with Gasteiger partial charge in [-0.3, -0.25) is 0 Å². The maximum absolute atomic E-state index is 2.44. The molecule has 0 fully saturated rings. The van der Waals surface area contributed by atoms with Crippen LogP contribution in [-0.2, 0) is 0 Å². The van der Waals surface area contributed by atoms with Crippen molar-refractivity contribution >= 4 is 10.8 Å². The summed E-state index contributed by atoms with van der Waals surface area (Å²) < 4.78 is 0. The Balaban J connectivity index is 2.84. The third-order valence-electron chi connectivity index (χ3n) is 4.30. The van der Waals surface area contributed by atoms with Crippen molar-refractivity contribution in [2.24, 2.45) is 0 Å². The minimum Gasteiger partial charge on any atom is -0.0587 e. The van der Waals surface area contributed by atoms with E-state index in [9.17, 15) is 0 Å². The van der Waals surface area contributed by atoms with Crippen LogP contribution in [0.3, 0.4) is 0 Å². The van der Waals surface area contributed by atoms with Crippen molar-refractivity contribution in [3.05, 3.63) is 46.5 Å². The third-order valence-corrected chi connectivity index (χ3v) is 4.30.